The Morgan fingerprint density at radius 2 is 1.88 bits per heavy atom. The van der Waals surface area contributed by atoms with Gasteiger partial charge in [0, 0.05) is 12.7 Å². The Hall–Kier alpha value is -1.51. The molecule has 0 bridgehead atoms. The molecule has 3 nitrogen and oxygen atoms in total. The van der Waals surface area contributed by atoms with Gasteiger partial charge in [-0.05, 0) is 24.5 Å². The van der Waals surface area contributed by atoms with Crippen molar-refractivity contribution in [2.24, 2.45) is 5.92 Å². The van der Waals surface area contributed by atoms with Crippen LogP contribution in [-0.2, 0) is 4.79 Å². The minimum Gasteiger partial charge on any atom is -0.480 e. The highest BCUT2D eigenvalue weighted by molar-refractivity contribution is 5.78. The van der Waals surface area contributed by atoms with E-state index in [0.29, 0.717) is 12.3 Å². The van der Waals surface area contributed by atoms with Crippen LogP contribution in [0, 0.1) is 5.92 Å². The lowest BCUT2D eigenvalue weighted by molar-refractivity contribution is -0.138. The molecule has 0 aliphatic heterocycles. The third-order valence-corrected chi connectivity index (χ3v) is 2.61. The molecule has 0 aliphatic rings. The van der Waals surface area contributed by atoms with Crippen molar-refractivity contribution in [3.8, 4) is 0 Å². The molecule has 0 fully saturated rings. The predicted molar refractivity (Wildman–Crippen MR) is 65.7 cm³/mol. The average molecular weight is 221 g/mol. The molecule has 0 heterocycles. The summed E-state index contributed by atoms with van der Waals surface area (Å²) in [6.07, 6.45) is 0.653. The Labute approximate surface area is 96.7 Å². The van der Waals surface area contributed by atoms with Crippen LogP contribution in [0.5, 0.6) is 0 Å². The molecule has 0 aliphatic carbocycles. The molecule has 1 rings (SSSR count). The first kappa shape index (κ1) is 12.6. The molecule has 1 aromatic rings. The summed E-state index contributed by atoms with van der Waals surface area (Å²) in [6.45, 7) is 4.07. The predicted octanol–water partition coefficient (Wildman–Crippen LogP) is 2.62. The highest BCUT2D eigenvalue weighted by Gasteiger charge is 2.23. The van der Waals surface area contributed by atoms with Gasteiger partial charge in [0.25, 0.3) is 0 Å². The number of aliphatic carboxylic acids is 1. The van der Waals surface area contributed by atoms with Gasteiger partial charge in [0.05, 0.1) is 0 Å². The van der Waals surface area contributed by atoms with Gasteiger partial charge in [-0.3, -0.25) is 0 Å². The van der Waals surface area contributed by atoms with E-state index in [4.69, 9.17) is 0 Å². The third-order valence-electron chi connectivity index (χ3n) is 2.61. The summed E-state index contributed by atoms with van der Waals surface area (Å²) >= 11 is 0. The zero-order valence-corrected chi connectivity index (χ0v) is 10.1. The summed E-state index contributed by atoms with van der Waals surface area (Å²) in [6, 6.07) is 9.16. The van der Waals surface area contributed by atoms with Gasteiger partial charge in [-0.1, -0.05) is 32.0 Å². The highest BCUT2D eigenvalue weighted by Crippen LogP contribution is 2.18. The van der Waals surface area contributed by atoms with E-state index in [1.807, 2.05) is 56.1 Å². The van der Waals surface area contributed by atoms with E-state index < -0.39 is 12.0 Å². The molecule has 0 radical (unpaired) electrons. The highest BCUT2D eigenvalue weighted by atomic mass is 16.4. The van der Waals surface area contributed by atoms with E-state index in [9.17, 15) is 9.90 Å². The van der Waals surface area contributed by atoms with Gasteiger partial charge in [0.1, 0.15) is 6.04 Å². The zero-order valence-electron chi connectivity index (χ0n) is 10.1. The van der Waals surface area contributed by atoms with Crippen LogP contribution in [0.4, 0.5) is 5.69 Å². The second-order valence-corrected chi connectivity index (χ2v) is 4.43. The minimum atomic E-state index is -0.764. The van der Waals surface area contributed by atoms with Gasteiger partial charge < -0.3 is 10.0 Å². The smallest absolute Gasteiger partial charge is 0.326 e. The van der Waals surface area contributed by atoms with Crippen molar-refractivity contribution < 1.29 is 9.90 Å². The molecular weight excluding hydrogens is 202 g/mol. The third kappa shape index (κ3) is 3.26. The molecule has 0 aromatic heterocycles. The second-order valence-electron chi connectivity index (χ2n) is 4.43. The lowest BCUT2D eigenvalue weighted by Gasteiger charge is -2.28. The summed E-state index contributed by atoms with van der Waals surface area (Å²) < 4.78 is 0. The fourth-order valence-corrected chi connectivity index (χ4v) is 1.71. The van der Waals surface area contributed by atoms with Crippen molar-refractivity contribution in [3.05, 3.63) is 30.3 Å². The molecule has 3 heteroatoms. The van der Waals surface area contributed by atoms with Gasteiger partial charge in [-0.2, -0.15) is 0 Å². The number of rotatable bonds is 5. The van der Waals surface area contributed by atoms with Gasteiger partial charge in [0.15, 0.2) is 0 Å². The number of carboxylic acid groups (broad SMARTS) is 1. The molecule has 16 heavy (non-hydrogen) atoms. The number of hydrogen-bond acceptors (Lipinski definition) is 2. The maximum absolute atomic E-state index is 11.2. The number of hydrogen-bond donors (Lipinski definition) is 1. The van der Waals surface area contributed by atoms with Crippen LogP contribution in [0.3, 0.4) is 0 Å². The number of likely N-dealkylation sites (N-methyl/N-ethyl adjacent to an activating group) is 1. The van der Waals surface area contributed by atoms with E-state index in [-0.39, 0.29) is 0 Å². The monoisotopic (exact) mass is 221 g/mol. The fraction of sp³-hybridized carbons (Fsp3) is 0.462. The summed E-state index contributed by atoms with van der Waals surface area (Å²) in [4.78, 5) is 13.0. The van der Waals surface area contributed by atoms with E-state index in [0.717, 1.165) is 5.69 Å². The summed E-state index contributed by atoms with van der Waals surface area (Å²) in [5.41, 5.74) is 0.940. The van der Waals surface area contributed by atoms with Crippen molar-refractivity contribution in [2.75, 3.05) is 11.9 Å². The summed E-state index contributed by atoms with van der Waals surface area (Å²) in [7, 11) is 1.83. The molecule has 1 atom stereocenters. The number of carbonyl (C=O) groups is 1. The van der Waals surface area contributed by atoms with E-state index >= 15 is 0 Å². The first-order valence-corrected chi connectivity index (χ1v) is 5.53. The van der Waals surface area contributed by atoms with Crippen LogP contribution < -0.4 is 4.90 Å². The molecule has 0 unspecified atom stereocenters. The number of para-hydroxylation sites is 1. The van der Waals surface area contributed by atoms with Crippen LogP contribution in [0.1, 0.15) is 20.3 Å². The molecular formula is C13H19NO2. The molecule has 0 saturated carbocycles. The minimum absolute atomic E-state index is 0.368. The summed E-state index contributed by atoms with van der Waals surface area (Å²) in [5.74, 6) is -0.396. The Morgan fingerprint density at radius 1 is 1.31 bits per heavy atom. The van der Waals surface area contributed by atoms with Gasteiger partial charge in [-0.15, -0.1) is 0 Å². The van der Waals surface area contributed by atoms with Crippen LogP contribution >= 0.6 is 0 Å². The topological polar surface area (TPSA) is 40.5 Å². The van der Waals surface area contributed by atoms with Crippen LogP contribution in [-0.4, -0.2) is 24.2 Å². The molecule has 1 N–H and O–H groups in total. The van der Waals surface area contributed by atoms with E-state index in [1.165, 1.54) is 0 Å². The average Bonchev–Trinajstić information content (AvgIpc) is 2.25. The number of nitrogens with zero attached hydrogens (tertiary/aromatic N) is 1. The van der Waals surface area contributed by atoms with Crippen molar-refractivity contribution in [2.45, 2.75) is 26.3 Å². The fourth-order valence-electron chi connectivity index (χ4n) is 1.71. The maximum Gasteiger partial charge on any atom is 0.326 e. The van der Waals surface area contributed by atoms with Crippen LogP contribution in [0.15, 0.2) is 30.3 Å². The second kappa shape index (κ2) is 5.54. The first-order valence-electron chi connectivity index (χ1n) is 5.53. The number of carboxylic acids is 1. The molecule has 88 valence electrons. The number of anilines is 1. The van der Waals surface area contributed by atoms with E-state index in [1.54, 1.807) is 0 Å². The summed E-state index contributed by atoms with van der Waals surface area (Å²) in [5, 5.41) is 9.21. The van der Waals surface area contributed by atoms with Crippen molar-refractivity contribution in [3.63, 3.8) is 0 Å². The first-order chi connectivity index (χ1) is 7.52. The Kier molecular flexibility index (Phi) is 4.35. The Morgan fingerprint density at radius 3 is 2.31 bits per heavy atom. The molecule has 0 saturated heterocycles. The lowest BCUT2D eigenvalue weighted by atomic mass is 10.0. The SMILES string of the molecule is CC(C)C[C@@H](C(=O)O)N(C)c1ccccc1. The molecule has 1 aromatic carbocycles. The molecule has 0 spiro atoms. The van der Waals surface area contributed by atoms with Crippen molar-refractivity contribution in [1.82, 2.24) is 0 Å². The standard InChI is InChI=1S/C13H19NO2/c1-10(2)9-12(13(15)16)14(3)11-7-5-4-6-8-11/h4-8,10,12H,9H2,1-3H3,(H,15,16)/t12-/m0/s1. The molecule has 0 amide bonds. The largest absolute Gasteiger partial charge is 0.480 e. The van der Waals surface area contributed by atoms with Gasteiger partial charge in [0.2, 0.25) is 0 Å². The zero-order chi connectivity index (χ0) is 12.1. The van der Waals surface area contributed by atoms with Crippen molar-refractivity contribution in [1.29, 1.82) is 0 Å². The number of benzene rings is 1. The maximum atomic E-state index is 11.2. The Bertz CT molecular complexity index is 335. The van der Waals surface area contributed by atoms with Crippen LogP contribution in [0.25, 0.3) is 0 Å². The lowest BCUT2D eigenvalue weighted by Crippen LogP contribution is -2.39. The van der Waals surface area contributed by atoms with Gasteiger partial charge >= 0.3 is 5.97 Å². The normalized spacial score (nSPS) is 12.5. The van der Waals surface area contributed by atoms with Gasteiger partial charge in [-0.25, -0.2) is 4.79 Å². The van der Waals surface area contributed by atoms with E-state index in [2.05, 4.69) is 0 Å². The van der Waals surface area contributed by atoms with Crippen molar-refractivity contribution >= 4 is 11.7 Å². The quantitative estimate of drug-likeness (QED) is 0.831. The van der Waals surface area contributed by atoms with Crippen LogP contribution in [0.2, 0.25) is 0 Å². The Balaban J connectivity index is 2.83.